The molecule has 9 heteroatoms. The molecule has 0 bridgehead atoms. The van der Waals surface area contributed by atoms with Crippen molar-refractivity contribution in [3.05, 3.63) is 15.8 Å². The summed E-state index contributed by atoms with van der Waals surface area (Å²) in [6.07, 6.45) is 0. The first-order valence-electron chi connectivity index (χ1n) is 4.82. The minimum atomic E-state index is -3.91. The molecule has 3 N–H and O–H groups in total. The Morgan fingerprint density at radius 1 is 1.44 bits per heavy atom. The van der Waals surface area contributed by atoms with Crippen molar-refractivity contribution in [2.45, 2.75) is 11.8 Å². The van der Waals surface area contributed by atoms with Crippen LogP contribution in [-0.2, 0) is 14.8 Å². The minimum Gasteiger partial charge on any atom is -0.480 e. The van der Waals surface area contributed by atoms with E-state index in [9.17, 15) is 18.0 Å². The molecule has 0 aliphatic heterocycles. The average molecular weight is 292 g/mol. The fraction of sp³-hybridized carbons (Fsp3) is 0.333. The molecule has 0 saturated carbocycles. The highest BCUT2D eigenvalue weighted by molar-refractivity contribution is 7.89. The number of aliphatic carboxylic acids is 1. The van der Waals surface area contributed by atoms with Crippen LogP contribution < -0.4 is 10.0 Å². The number of aryl methyl sites for hydroxylation is 1. The zero-order valence-electron chi connectivity index (χ0n) is 9.68. The van der Waals surface area contributed by atoms with Crippen molar-refractivity contribution in [2.24, 2.45) is 0 Å². The summed E-state index contributed by atoms with van der Waals surface area (Å²) >= 11 is 1.03. The summed E-state index contributed by atoms with van der Waals surface area (Å²) in [7, 11) is -2.47. The summed E-state index contributed by atoms with van der Waals surface area (Å²) < 4.78 is 25.5. The highest BCUT2D eigenvalue weighted by Gasteiger charge is 2.22. The average Bonchev–Trinajstić information content (AvgIpc) is 2.68. The van der Waals surface area contributed by atoms with E-state index >= 15 is 0 Å². The number of carbonyl (C=O) groups excluding carboxylic acids is 1. The highest BCUT2D eigenvalue weighted by Crippen LogP contribution is 2.25. The molecule has 0 aromatic carbocycles. The summed E-state index contributed by atoms with van der Waals surface area (Å²) in [5, 5.41) is 10.8. The van der Waals surface area contributed by atoms with Crippen molar-refractivity contribution < 1.29 is 23.1 Å². The third-order valence-corrected chi connectivity index (χ3v) is 4.73. The van der Waals surface area contributed by atoms with Gasteiger partial charge in [0.2, 0.25) is 10.0 Å². The van der Waals surface area contributed by atoms with E-state index < -0.39 is 22.5 Å². The van der Waals surface area contributed by atoms with Crippen molar-refractivity contribution in [1.29, 1.82) is 0 Å². The van der Waals surface area contributed by atoms with E-state index in [4.69, 9.17) is 5.11 Å². The van der Waals surface area contributed by atoms with E-state index in [1.807, 2.05) is 4.72 Å². The zero-order chi connectivity index (χ0) is 13.9. The van der Waals surface area contributed by atoms with Gasteiger partial charge in [-0.3, -0.25) is 9.59 Å². The molecule has 0 fully saturated rings. The maximum Gasteiger partial charge on any atom is 0.318 e. The molecular weight excluding hydrogens is 280 g/mol. The van der Waals surface area contributed by atoms with E-state index in [0.717, 1.165) is 11.3 Å². The van der Waals surface area contributed by atoms with Crippen LogP contribution in [0.5, 0.6) is 0 Å². The fourth-order valence-electron chi connectivity index (χ4n) is 1.20. The Bertz CT molecular complexity index is 576. The number of sulfonamides is 1. The Morgan fingerprint density at radius 2 is 2.06 bits per heavy atom. The number of nitrogens with one attached hydrogen (secondary N) is 2. The molecule has 0 spiro atoms. The van der Waals surface area contributed by atoms with Crippen molar-refractivity contribution in [3.63, 3.8) is 0 Å². The Balaban J connectivity index is 3.06. The topological polar surface area (TPSA) is 113 Å². The molecule has 1 aromatic heterocycles. The molecule has 0 atom stereocenters. The molecule has 1 heterocycles. The lowest BCUT2D eigenvalue weighted by atomic mass is 10.4. The number of amides is 1. The van der Waals surface area contributed by atoms with Gasteiger partial charge in [0.15, 0.2) is 0 Å². The lowest BCUT2D eigenvalue weighted by Crippen LogP contribution is -2.29. The highest BCUT2D eigenvalue weighted by atomic mass is 32.2. The third kappa shape index (κ3) is 3.28. The summed E-state index contributed by atoms with van der Waals surface area (Å²) in [5.41, 5.74) is 0. The second-order valence-corrected chi connectivity index (χ2v) is 6.32. The molecule has 100 valence electrons. The zero-order valence-corrected chi connectivity index (χ0v) is 11.3. The van der Waals surface area contributed by atoms with Crippen molar-refractivity contribution in [1.82, 2.24) is 10.0 Å². The second-order valence-electron chi connectivity index (χ2n) is 3.33. The van der Waals surface area contributed by atoms with Crippen LogP contribution in [0, 0.1) is 6.92 Å². The van der Waals surface area contributed by atoms with Gasteiger partial charge >= 0.3 is 5.97 Å². The van der Waals surface area contributed by atoms with Gasteiger partial charge in [0, 0.05) is 11.9 Å². The predicted octanol–water partition coefficient (Wildman–Crippen LogP) is -0.221. The first kappa shape index (κ1) is 14.6. The van der Waals surface area contributed by atoms with Gasteiger partial charge in [0.1, 0.15) is 6.54 Å². The van der Waals surface area contributed by atoms with Crippen LogP contribution in [-0.4, -0.2) is 39.0 Å². The fourth-order valence-corrected chi connectivity index (χ4v) is 3.71. The van der Waals surface area contributed by atoms with E-state index in [1.54, 1.807) is 6.92 Å². The third-order valence-electron chi connectivity index (χ3n) is 2.03. The number of carboxylic acids is 1. The molecular formula is C9H12N2O5S2. The van der Waals surface area contributed by atoms with Crippen LogP contribution in [0.1, 0.15) is 14.5 Å². The van der Waals surface area contributed by atoms with Gasteiger partial charge in [-0.25, -0.2) is 8.42 Å². The molecule has 1 amide bonds. The van der Waals surface area contributed by atoms with Gasteiger partial charge < -0.3 is 10.4 Å². The maximum atomic E-state index is 11.8. The molecule has 0 radical (unpaired) electrons. The summed E-state index contributed by atoms with van der Waals surface area (Å²) in [6, 6.07) is 1.23. The second kappa shape index (κ2) is 5.46. The number of thiophene rings is 1. The van der Waals surface area contributed by atoms with E-state index in [-0.39, 0.29) is 15.7 Å². The van der Waals surface area contributed by atoms with Gasteiger partial charge in [-0.15, -0.1) is 11.3 Å². The first-order chi connectivity index (χ1) is 8.27. The standard InChI is InChI=1S/C9H12N2O5S2/c1-5-7(3-6(17-5)9(14)10-2)18(15,16)11-4-8(12)13/h3,11H,4H2,1-2H3,(H,10,14)(H,12,13). The van der Waals surface area contributed by atoms with Crippen LogP contribution in [0.25, 0.3) is 0 Å². The van der Waals surface area contributed by atoms with E-state index in [2.05, 4.69) is 5.32 Å². The van der Waals surface area contributed by atoms with Crippen LogP contribution >= 0.6 is 11.3 Å². The molecule has 1 aromatic rings. The minimum absolute atomic E-state index is 0.0765. The van der Waals surface area contributed by atoms with Crippen molar-refractivity contribution >= 4 is 33.2 Å². The van der Waals surface area contributed by atoms with Gasteiger partial charge in [-0.2, -0.15) is 4.72 Å². The summed E-state index contributed by atoms with van der Waals surface area (Å²) in [6.45, 7) is 0.847. The maximum absolute atomic E-state index is 11.8. The Hall–Kier alpha value is -1.45. The van der Waals surface area contributed by atoms with Crippen molar-refractivity contribution in [2.75, 3.05) is 13.6 Å². The SMILES string of the molecule is CNC(=O)c1cc(S(=O)(=O)NCC(=O)O)c(C)s1. The Kier molecular flexibility index (Phi) is 4.43. The molecule has 0 saturated heterocycles. The summed E-state index contributed by atoms with van der Waals surface area (Å²) in [4.78, 5) is 22.3. The van der Waals surface area contributed by atoms with Crippen molar-refractivity contribution in [3.8, 4) is 0 Å². The van der Waals surface area contributed by atoms with Gasteiger partial charge in [0.25, 0.3) is 5.91 Å². The lowest BCUT2D eigenvalue weighted by molar-refractivity contribution is -0.135. The van der Waals surface area contributed by atoms with Gasteiger partial charge in [-0.1, -0.05) is 0 Å². The largest absolute Gasteiger partial charge is 0.480 e. The number of hydrogen-bond donors (Lipinski definition) is 3. The first-order valence-corrected chi connectivity index (χ1v) is 7.12. The molecule has 0 unspecified atom stereocenters. The number of carbonyl (C=O) groups is 2. The number of hydrogen-bond acceptors (Lipinski definition) is 5. The normalized spacial score (nSPS) is 11.2. The lowest BCUT2D eigenvalue weighted by Gasteiger charge is -2.02. The van der Waals surface area contributed by atoms with Crippen LogP contribution in [0.3, 0.4) is 0 Å². The van der Waals surface area contributed by atoms with Gasteiger partial charge in [0.05, 0.1) is 9.77 Å². The Labute approximate surface area is 108 Å². The monoisotopic (exact) mass is 292 g/mol. The van der Waals surface area contributed by atoms with Crippen LogP contribution in [0.15, 0.2) is 11.0 Å². The number of rotatable bonds is 5. The molecule has 7 nitrogen and oxygen atoms in total. The molecule has 1 rings (SSSR count). The molecule has 0 aliphatic rings. The molecule has 0 aliphatic carbocycles. The predicted molar refractivity (Wildman–Crippen MR) is 65.3 cm³/mol. The number of carboxylic acid groups (broad SMARTS) is 1. The summed E-state index contributed by atoms with van der Waals surface area (Å²) in [5.74, 6) is -1.67. The van der Waals surface area contributed by atoms with E-state index in [0.29, 0.717) is 4.88 Å². The smallest absolute Gasteiger partial charge is 0.318 e. The van der Waals surface area contributed by atoms with Gasteiger partial charge in [-0.05, 0) is 13.0 Å². The van der Waals surface area contributed by atoms with Crippen LogP contribution in [0.4, 0.5) is 0 Å². The Morgan fingerprint density at radius 3 is 2.56 bits per heavy atom. The molecule has 18 heavy (non-hydrogen) atoms. The quantitative estimate of drug-likeness (QED) is 0.694. The van der Waals surface area contributed by atoms with Crippen LogP contribution in [0.2, 0.25) is 0 Å². The van der Waals surface area contributed by atoms with E-state index in [1.165, 1.54) is 13.1 Å².